The maximum Gasteiger partial charge on any atom is 0.310 e. The van der Waals surface area contributed by atoms with Crippen LogP contribution in [0.3, 0.4) is 0 Å². The lowest BCUT2D eigenvalue weighted by atomic mass is 9.94. The average molecular weight is 436 g/mol. The van der Waals surface area contributed by atoms with Crippen LogP contribution in [0.5, 0.6) is 0 Å². The number of halogens is 5. The molecule has 1 fully saturated rings. The first-order valence-corrected chi connectivity index (χ1v) is 10.6. The Kier molecular flexibility index (Phi) is 4.05. The van der Waals surface area contributed by atoms with Crippen LogP contribution in [-0.4, -0.2) is 44.7 Å². The van der Waals surface area contributed by atoms with E-state index in [1.807, 2.05) is 0 Å². The number of hydrogen-bond donors (Lipinski definition) is 3. The van der Waals surface area contributed by atoms with Crippen LogP contribution in [0.25, 0.3) is 16.7 Å². The van der Waals surface area contributed by atoms with Crippen molar-refractivity contribution in [3.63, 3.8) is 0 Å². The number of benzene rings is 1. The summed E-state index contributed by atoms with van der Waals surface area (Å²) in [6, 6.07) is 3.98. The number of hydrogen-bond acceptors (Lipinski definition) is 5. The first kappa shape index (κ1) is 20.0. The molecule has 1 aromatic carbocycles. The van der Waals surface area contributed by atoms with Crippen molar-refractivity contribution in [2.24, 2.45) is 0 Å². The summed E-state index contributed by atoms with van der Waals surface area (Å²) in [5.41, 5.74) is 1.31. The van der Waals surface area contributed by atoms with Gasteiger partial charge in [0.05, 0.1) is 18.0 Å². The van der Waals surface area contributed by atoms with E-state index in [4.69, 9.17) is 0 Å². The molecule has 0 amide bonds. The molecule has 0 aliphatic carbocycles. The van der Waals surface area contributed by atoms with Crippen molar-refractivity contribution in [2.75, 3.05) is 19.7 Å². The third kappa shape index (κ3) is 3.56. The van der Waals surface area contributed by atoms with E-state index in [1.165, 1.54) is 16.9 Å². The highest BCUT2D eigenvalue weighted by Gasteiger charge is 2.65. The van der Waals surface area contributed by atoms with Crippen molar-refractivity contribution in [1.29, 1.82) is 0 Å². The average Bonchev–Trinajstić information content (AvgIpc) is 2.97. The van der Waals surface area contributed by atoms with Crippen LogP contribution in [-0.2, 0) is 0 Å². The van der Waals surface area contributed by atoms with Gasteiger partial charge in [-0.25, -0.2) is 9.67 Å². The Balaban J connectivity index is 1.89. The van der Waals surface area contributed by atoms with Crippen molar-refractivity contribution < 1.29 is 29.6 Å². The number of rotatable bonds is 5. The summed E-state index contributed by atoms with van der Waals surface area (Å²) in [5.74, 6) is -0.0171. The Labute approximate surface area is 161 Å². The van der Waals surface area contributed by atoms with Crippen LogP contribution in [0.2, 0.25) is 0 Å². The highest BCUT2D eigenvalue weighted by molar-refractivity contribution is 8.45. The van der Waals surface area contributed by atoms with Gasteiger partial charge in [-0.15, -0.1) is 0 Å². The lowest BCUT2D eigenvalue weighted by Crippen LogP contribution is -2.40. The van der Waals surface area contributed by atoms with E-state index in [-0.39, 0.29) is 17.3 Å². The highest BCUT2D eigenvalue weighted by Crippen LogP contribution is 3.02. The third-order valence-electron chi connectivity index (χ3n) is 4.85. The molecule has 158 valence electrons. The molecule has 3 aromatic rings. The maximum atomic E-state index is 13.0. The number of nitrogens with zero attached hydrogens (tertiary/aromatic N) is 3. The fourth-order valence-electron chi connectivity index (χ4n) is 3.26. The number of aromatic nitrogens is 3. The summed E-state index contributed by atoms with van der Waals surface area (Å²) >= 11 is 0. The van der Waals surface area contributed by atoms with E-state index >= 15 is 0 Å². The van der Waals surface area contributed by atoms with Crippen LogP contribution in [0.15, 0.2) is 41.4 Å². The van der Waals surface area contributed by atoms with Crippen molar-refractivity contribution in [1.82, 2.24) is 20.1 Å². The van der Waals surface area contributed by atoms with E-state index in [1.54, 1.807) is 0 Å². The van der Waals surface area contributed by atoms with Gasteiger partial charge >= 0.3 is 10.2 Å². The molecular weight excluding hydrogens is 419 g/mol. The summed E-state index contributed by atoms with van der Waals surface area (Å²) in [6.45, 7) is 0.683. The van der Waals surface area contributed by atoms with Crippen LogP contribution in [0, 0.1) is 0 Å². The van der Waals surface area contributed by atoms with Crippen molar-refractivity contribution in [3.8, 4) is 5.69 Å². The lowest BCUT2D eigenvalue weighted by Gasteiger charge is -2.40. The Bertz CT molecular complexity index is 1080. The van der Waals surface area contributed by atoms with Gasteiger partial charge in [-0.05, 0) is 35.9 Å². The van der Waals surface area contributed by atoms with E-state index in [2.05, 4.69) is 15.4 Å². The summed E-state index contributed by atoms with van der Waals surface area (Å²) < 4.78 is 66.2. The molecule has 1 unspecified atom stereocenters. The van der Waals surface area contributed by atoms with Gasteiger partial charge in [-0.1, -0.05) is 19.4 Å². The summed E-state index contributed by atoms with van der Waals surface area (Å²) in [4.78, 5) is 2.23. The van der Waals surface area contributed by atoms with Crippen LogP contribution < -0.4 is 5.32 Å². The van der Waals surface area contributed by atoms with Crippen LogP contribution in [0.4, 0.5) is 19.4 Å². The SMILES string of the molecule is OCC(O)c1ccnc2c1c(C1CNC1)nn2-c1ccc(S(F)(F)(F)(F)F)cc1. The molecule has 1 aliphatic rings. The number of pyridine rings is 1. The molecule has 6 nitrogen and oxygen atoms in total. The molecule has 1 saturated heterocycles. The lowest BCUT2D eigenvalue weighted by molar-refractivity contribution is 0.0966. The second kappa shape index (κ2) is 5.88. The van der Waals surface area contributed by atoms with Crippen LogP contribution in [0.1, 0.15) is 23.3 Å². The van der Waals surface area contributed by atoms with E-state index in [9.17, 15) is 29.6 Å². The van der Waals surface area contributed by atoms with Crippen LogP contribution >= 0.6 is 10.2 Å². The molecule has 3 heterocycles. The summed E-state index contributed by atoms with van der Waals surface area (Å²) in [6.07, 6.45) is 0.182. The molecule has 3 N–H and O–H groups in total. The Morgan fingerprint density at radius 3 is 2.28 bits per heavy atom. The standard InChI is InChI=1S/C17H17F5N4O2S/c18-29(19,20,21,22)12-3-1-11(2-4-12)26-17-15(16(25-26)10-7-23-8-10)13(5-6-24-17)14(28)9-27/h1-6,10,14,23,27-28H,7-9H2. The van der Waals surface area contributed by atoms with Gasteiger partial charge in [0.1, 0.15) is 11.0 Å². The van der Waals surface area contributed by atoms with Crippen molar-refractivity contribution >= 4 is 21.3 Å². The van der Waals surface area contributed by atoms with Gasteiger partial charge in [0.25, 0.3) is 0 Å². The smallest absolute Gasteiger partial charge is 0.310 e. The third-order valence-corrected chi connectivity index (χ3v) is 6.02. The molecule has 1 aliphatic heterocycles. The predicted octanol–water partition coefficient (Wildman–Crippen LogP) is 3.79. The monoisotopic (exact) mass is 436 g/mol. The maximum absolute atomic E-state index is 13.0. The second-order valence-electron chi connectivity index (χ2n) is 6.91. The Morgan fingerprint density at radius 2 is 1.76 bits per heavy atom. The van der Waals surface area contributed by atoms with Gasteiger partial charge in [0.2, 0.25) is 0 Å². The normalized spacial score (nSPS) is 18.9. The Hall–Kier alpha value is -2.28. The zero-order valence-corrected chi connectivity index (χ0v) is 15.6. The van der Waals surface area contributed by atoms with Crippen molar-refractivity contribution in [3.05, 3.63) is 47.8 Å². The first-order valence-electron chi connectivity index (χ1n) is 8.61. The highest BCUT2D eigenvalue weighted by atomic mass is 32.5. The number of aliphatic hydroxyl groups is 2. The van der Waals surface area contributed by atoms with Gasteiger partial charge in [0.15, 0.2) is 5.65 Å². The van der Waals surface area contributed by atoms with Crippen molar-refractivity contribution in [2.45, 2.75) is 16.9 Å². The molecule has 0 radical (unpaired) electrons. The molecule has 2 aromatic heterocycles. The van der Waals surface area contributed by atoms with Gasteiger partial charge in [-0.2, -0.15) is 5.10 Å². The summed E-state index contributed by atoms with van der Waals surface area (Å²) in [7, 11) is -9.78. The molecule has 0 spiro atoms. The fourth-order valence-corrected chi connectivity index (χ4v) is 3.91. The predicted molar refractivity (Wildman–Crippen MR) is 97.9 cm³/mol. The van der Waals surface area contributed by atoms with E-state index < -0.39 is 27.8 Å². The van der Waals surface area contributed by atoms with Gasteiger partial charge in [0, 0.05) is 30.6 Å². The molecule has 4 rings (SSSR count). The van der Waals surface area contributed by atoms with Gasteiger partial charge < -0.3 is 15.5 Å². The van der Waals surface area contributed by atoms with Gasteiger partial charge in [-0.3, -0.25) is 0 Å². The molecule has 0 bridgehead atoms. The molecule has 12 heteroatoms. The minimum Gasteiger partial charge on any atom is -0.393 e. The summed E-state index contributed by atoms with van der Waals surface area (Å²) in [5, 5.41) is 27.5. The quantitative estimate of drug-likeness (QED) is 0.530. The van der Waals surface area contributed by atoms with E-state index in [0.717, 1.165) is 12.1 Å². The number of fused-ring (bicyclic) bond motifs is 1. The number of aliphatic hydroxyl groups excluding tert-OH is 2. The zero-order chi connectivity index (χ0) is 21.1. The number of nitrogens with one attached hydrogen (secondary N) is 1. The molecule has 29 heavy (non-hydrogen) atoms. The fraction of sp³-hybridized carbons (Fsp3) is 0.294. The largest absolute Gasteiger partial charge is 0.393 e. The first-order chi connectivity index (χ1) is 13.4. The Morgan fingerprint density at radius 1 is 1.10 bits per heavy atom. The minimum absolute atomic E-state index is 0.0171. The molecule has 0 saturated carbocycles. The molecular formula is C17H17F5N4O2S. The topological polar surface area (TPSA) is 83.2 Å². The minimum atomic E-state index is -9.78. The molecule has 1 atom stereocenters. The van der Waals surface area contributed by atoms with E-state index in [0.29, 0.717) is 41.9 Å². The zero-order valence-electron chi connectivity index (χ0n) is 14.8. The second-order valence-corrected chi connectivity index (χ2v) is 9.32.